The van der Waals surface area contributed by atoms with Gasteiger partial charge in [-0.2, -0.15) is 0 Å². The minimum absolute atomic E-state index is 0. The maximum absolute atomic E-state index is 10.5. The second kappa shape index (κ2) is 11.2. The van der Waals surface area contributed by atoms with Gasteiger partial charge in [-0.3, -0.25) is 20.2 Å². The van der Waals surface area contributed by atoms with Crippen molar-refractivity contribution in [1.29, 1.82) is 0 Å². The zero-order valence-corrected chi connectivity index (χ0v) is 17.2. The molecule has 0 aromatic heterocycles. The van der Waals surface area contributed by atoms with Gasteiger partial charge >= 0.3 is 35.5 Å². The van der Waals surface area contributed by atoms with Crippen LogP contribution in [-0.2, 0) is 0 Å². The number of halogens is 1. The summed E-state index contributed by atoms with van der Waals surface area (Å²) in [6, 6.07) is 6.52. The van der Waals surface area contributed by atoms with Crippen molar-refractivity contribution in [2.45, 2.75) is 0 Å². The van der Waals surface area contributed by atoms with Gasteiger partial charge in [0.05, 0.1) is 33.5 Å². The molecule has 142 valence electrons. The molecule has 0 amide bonds. The van der Waals surface area contributed by atoms with E-state index in [4.69, 9.17) is 21.4 Å². The molecule has 0 saturated heterocycles. The van der Waals surface area contributed by atoms with Crippen LogP contribution in [0.4, 0.5) is 11.4 Å². The van der Waals surface area contributed by atoms with Gasteiger partial charge in [0.25, 0.3) is 11.4 Å². The number of rotatable bonds is 5. The standard InChI is InChI=1S/C8H7NO5.C7H4ClNO4.Na/c1-14-7-3-2-5(9(12)13)4-6(7)8(10)11;8-6-2-1-4(9(12)13)3-5(6)7(10)11;/h2-4H,1H3,(H,10,11);1-3H,(H,10,11);/q;;+1/p-1. The van der Waals surface area contributed by atoms with Gasteiger partial charge in [0, 0.05) is 29.8 Å². The van der Waals surface area contributed by atoms with Crippen molar-refractivity contribution in [3.05, 3.63) is 72.8 Å². The minimum Gasteiger partial charge on any atom is -0.545 e. The third-order valence-electron chi connectivity index (χ3n) is 3.00. The molecular weight excluding hydrogens is 411 g/mol. The van der Waals surface area contributed by atoms with E-state index in [-0.39, 0.29) is 62.8 Å². The van der Waals surface area contributed by atoms with Gasteiger partial charge in [-0.15, -0.1) is 0 Å². The normalized spacial score (nSPS) is 9.21. The van der Waals surface area contributed by atoms with Crippen LogP contribution < -0.4 is 39.4 Å². The van der Waals surface area contributed by atoms with Gasteiger partial charge in [0.2, 0.25) is 0 Å². The summed E-state index contributed by atoms with van der Waals surface area (Å²) in [6.07, 6.45) is 0. The summed E-state index contributed by atoms with van der Waals surface area (Å²) in [5.41, 5.74) is -1.20. The molecule has 0 aliphatic carbocycles. The maximum atomic E-state index is 10.5. The van der Waals surface area contributed by atoms with Gasteiger partial charge in [-0.05, 0) is 12.1 Å². The van der Waals surface area contributed by atoms with E-state index in [0.717, 1.165) is 24.3 Å². The molecule has 28 heavy (non-hydrogen) atoms. The van der Waals surface area contributed by atoms with E-state index in [9.17, 15) is 34.9 Å². The van der Waals surface area contributed by atoms with Crippen molar-refractivity contribution < 1.29 is 63.9 Å². The summed E-state index contributed by atoms with van der Waals surface area (Å²) < 4.78 is 4.70. The fourth-order valence-corrected chi connectivity index (χ4v) is 1.96. The Morgan fingerprint density at radius 2 is 1.46 bits per heavy atom. The quantitative estimate of drug-likeness (QED) is 0.358. The smallest absolute Gasteiger partial charge is 0.545 e. The van der Waals surface area contributed by atoms with Crippen LogP contribution in [0.15, 0.2) is 36.4 Å². The van der Waals surface area contributed by atoms with E-state index in [1.165, 1.54) is 19.2 Å². The Balaban J connectivity index is 0.000000504. The number of nitro groups is 2. The van der Waals surface area contributed by atoms with Crippen LogP contribution >= 0.6 is 11.6 Å². The molecule has 0 saturated carbocycles. The molecule has 13 heteroatoms. The topological polar surface area (TPSA) is 173 Å². The second-order valence-electron chi connectivity index (χ2n) is 4.66. The van der Waals surface area contributed by atoms with Crippen LogP contribution in [0, 0.1) is 20.2 Å². The Hall–Kier alpha value is -2.73. The fourth-order valence-electron chi connectivity index (χ4n) is 1.76. The van der Waals surface area contributed by atoms with Crippen LogP contribution in [0.25, 0.3) is 0 Å². The van der Waals surface area contributed by atoms with Crippen molar-refractivity contribution in [3.63, 3.8) is 0 Å². The van der Waals surface area contributed by atoms with E-state index in [1.54, 1.807) is 0 Å². The molecule has 2 aromatic carbocycles. The molecule has 0 radical (unpaired) electrons. The average molecular weight is 421 g/mol. The van der Waals surface area contributed by atoms with Crippen molar-refractivity contribution in [2.24, 2.45) is 0 Å². The molecule has 0 aliphatic heterocycles. The number of benzene rings is 2. The number of methoxy groups -OCH3 is 1. The largest absolute Gasteiger partial charge is 1.00 e. The SMILES string of the molecule is COc1ccc([N+](=O)[O-])cc1C(=O)[O-].O=C(O)c1cc([N+](=O)[O-])ccc1Cl.[Na+]. The van der Waals surface area contributed by atoms with E-state index in [0.29, 0.717) is 0 Å². The minimum atomic E-state index is -1.51. The van der Waals surface area contributed by atoms with Crippen LogP contribution in [-0.4, -0.2) is 34.0 Å². The summed E-state index contributed by atoms with van der Waals surface area (Å²) in [4.78, 5) is 40.2. The Labute approximate surface area is 184 Å². The molecule has 0 bridgehead atoms. The molecule has 0 unspecified atom stereocenters. The zero-order chi connectivity index (χ0) is 20.7. The fraction of sp³-hybridized carbons (Fsp3) is 0.0667. The monoisotopic (exact) mass is 420 g/mol. The number of hydrogen-bond donors (Lipinski definition) is 1. The van der Waals surface area contributed by atoms with Crippen LogP contribution in [0.2, 0.25) is 5.02 Å². The predicted molar refractivity (Wildman–Crippen MR) is 89.0 cm³/mol. The van der Waals surface area contributed by atoms with Gasteiger partial charge in [0.1, 0.15) is 5.75 Å². The first-order valence-electron chi connectivity index (χ1n) is 6.79. The Morgan fingerprint density at radius 3 is 1.86 bits per heavy atom. The van der Waals surface area contributed by atoms with Crippen LogP contribution in [0.1, 0.15) is 20.7 Å². The van der Waals surface area contributed by atoms with Crippen LogP contribution in [0.3, 0.4) is 0 Å². The van der Waals surface area contributed by atoms with Crippen molar-refractivity contribution in [1.82, 2.24) is 0 Å². The Bertz CT molecular complexity index is 920. The molecule has 0 atom stereocenters. The number of carboxylic acids is 2. The summed E-state index contributed by atoms with van der Waals surface area (Å²) in [6.45, 7) is 0. The number of carbonyl (C=O) groups excluding carboxylic acids is 1. The summed E-state index contributed by atoms with van der Waals surface area (Å²) in [7, 11) is 1.27. The van der Waals surface area contributed by atoms with Gasteiger partial charge in [-0.1, -0.05) is 11.6 Å². The number of nitrogens with zero attached hydrogens (tertiary/aromatic N) is 2. The predicted octanol–water partition coefficient (Wildman–Crippen LogP) is -1.08. The number of non-ortho nitro benzene ring substituents is 2. The molecule has 0 aliphatic rings. The molecule has 0 heterocycles. The number of carboxylic acid groups (broad SMARTS) is 2. The van der Waals surface area contributed by atoms with Gasteiger partial charge < -0.3 is 19.7 Å². The maximum Gasteiger partial charge on any atom is 1.00 e. The van der Waals surface area contributed by atoms with E-state index >= 15 is 0 Å². The first-order valence-corrected chi connectivity index (χ1v) is 7.17. The summed E-state index contributed by atoms with van der Waals surface area (Å²) in [5.74, 6) is -2.75. The number of nitro benzene ring substituents is 2. The van der Waals surface area contributed by atoms with Gasteiger partial charge in [0.15, 0.2) is 0 Å². The van der Waals surface area contributed by atoms with Crippen molar-refractivity contribution >= 4 is 34.9 Å². The molecular formula is C15H10ClN2NaO9. The third kappa shape index (κ3) is 6.78. The first kappa shape index (κ1) is 25.3. The Kier molecular flexibility index (Phi) is 10.1. The molecule has 2 aromatic rings. The third-order valence-corrected chi connectivity index (χ3v) is 3.33. The number of hydrogen-bond acceptors (Lipinski definition) is 8. The molecule has 2 rings (SSSR count). The van der Waals surface area contributed by atoms with E-state index in [1.807, 2.05) is 0 Å². The number of aromatic carboxylic acids is 2. The molecule has 0 spiro atoms. The molecule has 1 N–H and O–H groups in total. The molecule has 11 nitrogen and oxygen atoms in total. The zero-order valence-electron chi connectivity index (χ0n) is 14.4. The first-order chi connectivity index (χ1) is 12.6. The van der Waals surface area contributed by atoms with Crippen molar-refractivity contribution in [3.8, 4) is 5.75 Å². The summed E-state index contributed by atoms with van der Waals surface area (Å²) in [5, 5.41) is 39.7. The van der Waals surface area contributed by atoms with Gasteiger partial charge in [-0.25, -0.2) is 4.79 Å². The van der Waals surface area contributed by atoms with E-state index in [2.05, 4.69) is 0 Å². The molecule has 0 fully saturated rings. The second-order valence-corrected chi connectivity index (χ2v) is 5.06. The van der Waals surface area contributed by atoms with Crippen molar-refractivity contribution in [2.75, 3.05) is 7.11 Å². The van der Waals surface area contributed by atoms with E-state index < -0.39 is 21.8 Å². The number of ether oxygens (including phenoxy) is 1. The number of carbonyl (C=O) groups is 2. The Morgan fingerprint density at radius 1 is 1.00 bits per heavy atom. The van der Waals surface area contributed by atoms with Crippen LogP contribution in [0.5, 0.6) is 5.75 Å². The average Bonchev–Trinajstić information content (AvgIpc) is 2.61. The summed E-state index contributed by atoms with van der Waals surface area (Å²) >= 11 is 5.49.